The summed E-state index contributed by atoms with van der Waals surface area (Å²) in [5, 5.41) is 17.9. The van der Waals surface area contributed by atoms with Crippen molar-refractivity contribution in [3.8, 4) is 5.88 Å². The van der Waals surface area contributed by atoms with Crippen LogP contribution < -0.4 is 15.8 Å². The van der Waals surface area contributed by atoms with Crippen LogP contribution in [0.15, 0.2) is 29.6 Å². The molecule has 2 aliphatic rings. The first-order chi connectivity index (χ1) is 16.3. The SMILES string of the molecule is CC(C)Cn1c(O)c(C(=O)NC2CC2)c(=O)n2ncc(/C=C/C(=O)N3CCc4cncnc43)c12. The van der Waals surface area contributed by atoms with Crippen molar-refractivity contribution < 1.29 is 14.7 Å². The minimum atomic E-state index is -0.707. The molecule has 176 valence electrons. The van der Waals surface area contributed by atoms with Crippen LogP contribution in [0.3, 0.4) is 0 Å². The van der Waals surface area contributed by atoms with Gasteiger partial charge in [-0.2, -0.15) is 9.61 Å². The van der Waals surface area contributed by atoms with Crippen LogP contribution in [0.5, 0.6) is 5.88 Å². The lowest BCUT2D eigenvalue weighted by Crippen LogP contribution is -2.34. The molecular formula is C23H25N7O4. The number of amides is 2. The number of fused-ring (bicyclic) bond motifs is 2. The average Bonchev–Trinajstić information content (AvgIpc) is 3.34. The smallest absolute Gasteiger partial charge is 0.291 e. The van der Waals surface area contributed by atoms with Gasteiger partial charge >= 0.3 is 0 Å². The number of hydrogen-bond acceptors (Lipinski definition) is 7. The summed E-state index contributed by atoms with van der Waals surface area (Å²) in [5.41, 5.74) is 0.655. The summed E-state index contributed by atoms with van der Waals surface area (Å²) in [6.07, 6.45) is 9.89. The quantitative estimate of drug-likeness (QED) is 0.524. The van der Waals surface area contributed by atoms with E-state index in [1.807, 2.05) is 13.8 Å². The van der Waals surface area contributed by atoms with Crippen LogP contribution in [0.4, 0.5) is 5.82 Å². The molecule has 3 aromatic rings. The summed E-state index contributed by atoms with van der Waals surface area (Å²) >= 11 is 0. The van der Waals surface area contributed by atoms with E-state index >= 15 is 0 Å². The molecule has 0 saturated heterocycles. The maximum absolute atomic E-state index is 13.1. The molecule has 0 spiro atoms. The lowest BCUT2D eigenvalue weighted by molar-refractivity contribution is -0.114. The first-order valence-corrected chi connectivity index (χ1v) is 11.3. The molecule has 3 aromatic heterocycles. The Labute approximate surface area is 194 Å². The molecule has 0 aromatic carbocycles. The van der Waals surface area contributed by atoms with E-state index in [0.29, 0.717) is 36.5 Å². The Morgan fingerprint density at radius 3 is 2.82 bits per heavy atom. The lowest BCUT2D eigenvalue weighted by Gasteiger charge is -2.17. The fraction of sp³-hybridized carbons (Fsp3) is 0.391. The molecule has 1 fully saturated rings. The van der Waals surface area contributed by atoms with Gasteiger partial charge in [0.2, 0.25) is 5.88 Å². The second kappa shape index (κ2) is 8.40. The van der Waals surface area contributed by atoms with Crippen molar-refractivity contribution in [3.63, 3.8) is 0 Å². The van der Waals surface area contributed by atoms with Crippen molar-refractivity contribution in [1.29, 1.82) is 0 Å². The molecule has 2 N–H and O–H groups in total. The zero-order chi connectivity index (χ0) is 24.0. The zero-order valence-corrected chi connectivity index (χ0v) is 18.9. The Bertz CT molecular complexity index is 1380. The molecule has 11 heteroatoms. The van der Waals surface area contributed by atoms with Crippen molar-refractivity contribution >= 4 is 29.4 Å². The zero-order valence-electron chi connectivity index (χ0n) is 18.9. The highest BCUT2D eigenvalue weighted by molar-refractivity contribution is 6.04. The maximum Gasteiger partial charge on any atom is 0.291 e. The topological polar surface area (TPSA) is 135 Å². The molecule has 34 heavy (non-hydrogen) atoms. The number of anilines is 1. The molecule has 2 amide bonds. The van der Waals surface area contributed by atoms with Gasteiger partial charge in [0.15, 0.2) is 5.56 Å². The Morgan fingerprint density at radius 1 is 1.29 bits per heavy atom. The second-order valence-electron chi connectivity index (χ2n) is 9.04. The fourth-order valence-corrected chi connectivity index (χ4v) is 4.12. The van der Waals surface area contributed by atoms with Crippen LogP contribution in [-0.4, -0.2) is 53.7 Å². The van der Waals surface area contributed by atoms with Gasteiger partial charge in [-0.15, -0.1) is 0 Å². The molecule has 5 rings (SSSR count). The van der Waals surface area contributed by atoms with Gasteiger partial charge in [0.25, 0.3) is 17.4 Å². The molecule has 0 unspecified atom stereocenters. The first-order valence-electron chi connectivity index (χ1n) is 11.3. The van der Waals surface area contributed by atoms with E-state index in [4.69, 9.17) is 0 Å². The van der Waals surface area contributed by atoms with Crippen LogP contribution in [0, 0.1) is 5.92 Å². The van der Waals surface area contributed by atoms with Crippen molar-refractivity contribution in [2.24, 2.45) is 5.92 Å². The Hall–Kier alpha value is -4.02. The Kier molecular flexibility index (Phi) is 5.39. The molecule has 0 atom stereocenters. The van der Waals surface area contributed by atoms with Crippen LogP contribution in [-0.2, 0) is 17.8 Å². The minimum absolute atomic E-state index is 0.0312. The van der Waals surface area contributed by atoms with Crippen molar-refractivity contribution in [2.75, 3.05) is 11.4 Å². The monoisotopic (exact) mass is 463 g/mol. The van der Waals surface area contributed by atoms with E-state index in [1.165, 1.54) is 23.2 Å². The van der Waals surface area contributed by atoms with Crippen LogP contribution in [0.25, 0.3) is 11.7 Å². The molecule has 4 heterocycles. The third kappa shape index (κ3) is 3.82. The molecule has 0 radical (unpaired) electrons. The van der Waals surface area contributed by atoms with E-state index in [9.17, 15) is 19.5 Å². The predicted molar refractivity (Wildman–Crippen MR) is 124 cm³/mol. The Balaban J connectivity index is 1.54. The Morgan fingerprint density at radius 2 is 2.09 bits per heavy atom. The number of rotatable bonds is 6. The van der Waals surface area contributed by atoms with Gasteiger partial charge < -0.3 is 10.4 Å². The number of carbonyl (C=O) groups excluding carboxylic acids is 2. The summed E-state index contributed by atoms with van der Waals surface area (Å²) in [6, 6.07) is 0.0312. The van der Waals surface area contributed by atoms with Crippen LogP contribution >= 0.6 is 0 Å². The van der Waals surface area contributed by atoms with Gasteiger partial charge in [0.05, 0.1) is 6.20 Å². The van der Waals surface area contributed by atoms with Gasteiger partial charge in [-0.1, -0.05) is 13.8 Å². The number of nitrogens with one attached hydrogen (secondary N) is 1. The number of aromatic nitrogens is 5. The first kappa shape index (κ1) is 21.8. The normalized spacial score (nSPS) is 15.4. The van der Waals surface area contributed by atoms with Crippen molar-refractivity contribution in [3.05, 3.63) is 51.8 Å². The number of hydrogen-bond donors (Lipinski definition) is 2. The summed E-state index contributed by atoms with van der Waals surface area (Å²) in [7, 11) is 0. The summed E-state index contributed by atoms with van der Waals surface area (Å²) in [4.78, 5) is 48.4. The molecule has 0 bridgehead atoms. The van der Waals surface area contributed by atoms with Crippen LogP contribution in [0.1, 0.15) is 48.2 Å². The second-order valence-corrected chi connectivity index (χ2v) is 9.04. The largest absolute Gasteiger partial charge is 0.494 e. The molecule has 1 aliphatic carbocycles. The van der Waals surface area contributed by atoms with Gasteiger partial charge in [0.1, 0.15) is 17.8 Å². The minimum Gasteiger partial charge on any atom is -0.494 e. The highest BCUT2D eigenvalue weighted by Crippen LogP contribution is 2.26. The van der Waals surface area contributed by atoms with E-state index in [0.717, 1.165) is 22.9 Å². The molecular weight excluding hydrogens is 438 g/mol. The summed E-state index contributed by atoms with van der Waals surface area (Å²) < 4.78 is 2.61. The summed E-state index contributed by atoms with van der Waals surface area (Å²) in [5.74, 6) is -0.590. The van der Waals surface area contributed by atoms with E-state index in [2.05, 4.69) is 20.4 Å². The molecule has 1 saturated carbocycles. The van der Waals surface area contributed by atoms with Crippen molar-refractivity contribution in [1.82, 2.24) is 29.5 Å². The highest BCUT2D eigenvalue weighted by atomic mass is 16.3. The van der Waals surface area contributed by atoms with Gasteiger partial charge in [-0.05, 0) is 31.3 Å². The maximum atomic E-state index is 13.1. The van der Waals surface area contributed by atoms with Gasteiger partial charge in [-0.25, -0.2) is 9.97 Å². The predicted octanol–water partition coefficient (Wildman–Crippen LogP) is 1.14. The lowest BCUT2D eigenvalue weighted by atomic mass is 10.2. The van der Waals surface area contributed by atoms with E-state index in [1.54, 1.807) is 17.2 Å². The molecule has 11 nitrogen and oxygen atoms in total. The third-order valence-corrected chi connectivity index (χ3v) is 5.90. The van der Waals surface area contributed by atoms with Gasteiger partial charge in [-0.3, -0.25) is 23.9 Å². The van der Waals surface area contributed by atoms with Crippen LogP contribution in [0.2, 0.25) is 0 Å². The highest BCUT2D eigenvalue weighted by Gasteiger charge is 2.30. The van der Waals surface area contributed by atoms with E-state index < -0.39 is 17.3 Å². The third-order valence-electron chi connectivity index (χ3n) is 5.90. The number of carbonyl (C=O) groups is 2. The summed E-state index contributed by atoms with van der Waals surface area (Å²) in [6.45, 7) is 4.76. The number of nitrogens with zero attached hydrogens (tertiary/aromatic N) is 6. The van der Waals surface area contributed by atoms with Gasteiger partial charge in [0, 0.05) is 42.5 Å². The number of aromatic hydroxyl groups is 1. The van der Waals surface area contributed by atoms with Crippen molar-refractivity contribution in [2.45, 2.75) is 45.7 Å². The molecule has 1 aliphatic heterocycles. The van der Waals surface area contributed by atoms with E-state index in [-0.39, 0.29) is 23.4 Å². The standard InChI is InChI=1S/C23H25N7O4/c1-13(2)11-29-21-15(3-6-17(31)28-8-7-14-9-24-12-25-19(14)28)10-26-30(21)23(34)18(22(29)33)20(32)27-16-4-5-16/h3,6,9-10,12-13,16,33H,4-5,7-8,11H2,1-2H3,(H,27,32)/b6-3+. The average molecular weight is 463 g/mol. The fourth-order valence-electron chi connectivity index (χ4n) is 4.12.